The Morgan fingerprint density at radius 1 is 1.77 bits per heavy atom. The number of thioether (sulfide) groups is 1. The van der Waals surface area contributed by atoms with Crippen molar-refractivity contribution in [2.75, 3.05) is 18.1 Å². The first-order chi connectivity index (χ1) is 6.36. The van der Waals surface area contributed by atoms with Crippen LogP contribution in [0.15, 0.2) is 12.3 Å². The van der Waals surface area contributed by atoms with Crippen molar-refractivity contribution in [1.82, 2.24) is 15.1 Å². The van der Waals surface area contributed by atoms with Crippen molar-refractivity contribution in [3.05, 3.63) is 18.0 Å². The Labute approximate surface area is 82.9 Å². The third kappa shape index (κ3) is 2.25. The molecule has 2 rings (SSSR count). The van der Waals surface area contributed by atoms with Gasteiger partial charge in [0.2, 0.25) is 0 Å². The number of hydrogen-bond acceptors (Lipinski definition) is 3. The SMILES string of the molecule is CC1CSCCN1Cc1ccn[nH]1. The minimum absolute atomic E-state index is 0.696. The first-order valence-electron chi connectivity index (χ1n) is 4.66. The Bertz CT molecular complexity index is 247. The summed E-state index contributed by atoms with van der Waals surface area (Å²) in [5.41, 5.74) is 1.22. The normalized spacial score (nSPS) is 24.8. The van der Waals surface area contributed by atoms with E-state index in [1.807, 2.05) is 6.20 Å². The molecular formula is C9H15N3S. The van der Waals surface area contributed by atoms with Gasteiger partial charge in [-0.2, -0.15) is 16.9 Å². The fraction of sp³-hybridized carbons (Fsp3) is 0.667. The molecule has 2 heterocycles. The van der Waals surface area contributed by atoms with E-state index in [0.29, 0.717) is 6.04 Å². The summed E-state index contributed by atoms with van der Waals surface area (Å²) < 4.78 is 0. The van der Waals surface area contributed by atoms with Gasteiger partial charge >= 0.3 is 0 Å². The zero-order chi connectivity index (χ0) is 9.10. The maximum Gasteiger partial charge on any atom is 0.0492 e. The number of hydrogen-bond donors (Lipinski definition) is 1. The van der Waals surface area contributed by atoms with Gasteiger partial charge in [-0.1, -0.05) is 0 Å². The molecule has 1 atom stereocenters. The van der Waals surface area contributed by atoms with Crippen molar-refractivity contribution in [2.45, 2.75) is 19.5 Å². The Morgan fingerprint density at radius 3 is 3.38 bits per heavy atom. The van der Waals surface area contributed by atoms with Gasteiger partial charge in [0, 0.05) is 42.5 Å². The lowest BCUT2D eigenvalue weighted by Gasteiger charge is -2.32. The molecule has 1 fully saturated rings. The molecule has 0 aliphatic carbocycles. The van der Waals surface area contributed by atoms with Crippen LogP contribution < -0.4 is 0 Å². The van der Waals surface area contributed by atoms with E-state index in [0.717, 1.165) is 6.54 Å². The van der Waals surface area contributed by atoms with Gasteiger partial charge in [0.25, 0.3) is 0 Å². The highest BCUT2D eigenvalue weighted by Gasteiger charge is 2.18. The molecule has 1 unspecified atom stereocenters. The van der Waals surface area contributed by atoms with Gasteiger partial charge in [-0.15, -0.1) is 0 Å². The van der Waals surface area contributed by atoms with Crippen molar-refractivity contribution in [1.29, 1.82) is 0 Å². The molecule has 0 spiro atoms. The first-order valence-corrected chi connectivity index (χ1v) is 5.82. The predicted molar refractivity (Wildman–Crippen MR) is 55.8 cm³/mol. The summed E-state index contributed by atoms with van der Waals surface area (Å²) in [5.74, 6) is 2.52. The van der Waals surface area contributed by atoms with Crippen LogP contribution in [0.4, 0.5) is 0 Å². The van der Waals surface area contributed by atoms with Crippen molar-refractivity contribution < 1.29 is 0 Å². The maximum atomic E-state index is 3.96. The van der Waals surface area contributed by atoms with Crippen molar-refractivity contribution in [3.8, 4) is 0 Å². The quantitative estimate of drug-likeness (QED) is 0.776. The van der Waals surface area contributed by atoms with E-state index in [1.165, 1.54) is 23.7 Å². The molecule has 1 aliphatic rings. The minimum Gasteiger partial charge on any atom is -0.293 e. The summed E-state index contributed by atoms with van der Waals surface area (Å²) >= 11 is 2.05. The molecule has 1 N–H and O–H groups in total. The number of aromatic amines is 1. The summed E-state index contributed by atoms with van der Waals surface area (Å²) in [4.78, 5) is 2.50. The van der Waals surface area contributed by atoms with Crippen molar-refractivity contribution in [3.63, 3.8) is 0 Å². The van der Waals surface area contributed by atoms with Crippen molar-refractivity contribution in [2.24, 2.45) is 0 Å². The molecule has 1 aromatic heterocycles. The lowest BCUT2D eigenvalue weighted by atomic mass is 10.3. The van der Waals surface area contributed by atoms with Crippen LogP contribution >= 0.6 is 11.8 Å². The summed E-state index contributed by atoms with van der Waals surface area (Å²) in [5, 5.41) is 6.96. The maximum absolute atomic E-state index is 3.96. The van der Waals surface area contributed by atoms with Gasteiger partial charge < -0.3 is 0 Å². The average Bonchev–Trinajstić information content (AvgIpc) is 2.61. The summed E-state index contributed by atoms with van der Waals surface area (Å²) in [6, 6.07) is 2.75. The molecule has 0 amide bonds. The second-order valence-electron chi connectivity index (χ2n) is 3.48. The second-order valence-corrected chi connectivity index (χ2v) is 4.63. The average molecular weight is 197 g/mol. The van der Waals surface area contributed by atoms with Crippen LogP contribution in [0.2, 0.25) is 0 Å². The van der Waals surface area contributed by atoms with Gasteiger partial charge in [0.15, 0.2) is 0 Å². The van der Waals surface area contributed by atoms with Crippen LogP contribution in [-0.4, -0.2) is 39.2 Å². The molecule has 13 heavy (non-hydrogen) atoms. The lowest BCUT2D eigenvalue weighted by Crippen LogP contribution is -2.39. The van der Waals surface area contributed by atoms with E-state index in [4.69, 9.17) is 0 Å². The van der Waals surface area contributed by atoms with Gasteiger partial charge in [0.1, 0.15) is 0 Å². The van der Waals surface area contributed by atoms with Crippen LogP contribution in [0, 0.1) is 0 Å². The van der Waals surface area contributed by atoms with E-state index in [9.17, 15) is 0 Å². The van der Waals surface area contributed by atoms with Crippen LogP contribution in [-0.2, 0) is 6.54 Å². The highest BCUT2D eigenvalue weighted by molar-refractivity contribution is 7.99. The Morgan fingerprint density at radius 2 is 2.69 bits per heavy atom. The molecule has 1 aromatic rings. The first kappa shape index (κ1) is 9.09. The molecule has 0 saturated carbocycles. The lowest BCUT2D eigenvalue weighted by molar-refractivity contribution is 0.221. The van der Waals surface area contributed by atoms with Gasteiger partial charge in [-0.3, -0.25) is 10.00 Å². The summed E-state index contributed by atoms with van der Waals surface area (Å²) in [6.45, 7) is 4.51. The summed E-state index contributed by atoms with van der Waals surface area (Å²) in [7, 11) is 0. The van der Waals surface area contributed by atoms with E-state index in [1.54, 1.807) is 0 Å². The second kappa shape index (κ2) is 4.15. The molecule has 4 heteroatoms. The van der Waals surface area contributed by atoms with E-state index in [-0.39, 0.29) is 0 Å². The number of aromatic nitrogens is 2. The number of nitrogens with one attached hydrogen (secondary N) is 1. The fourth-order valence-electron chi connectivity index (χ4n) is 1.59. The molecular weight excluding hydrogens is 182 g/mol. The molecule has 1 aliphatic heterocycles. The van der Waals surface area contributed by atoms with Crippen molar-refractivity contribution >= 4 is 11.8 Å². The molecule has 0 radical (unpaired) electrons. The third-order valence-electron chi connectivity index (χ3n) is 2.44. The minimum atomic E-state index is 0.696. The fourth-order valence-corrected chi connectivity index (χ4v) is 2.67. The van der Waals surface area contributed by atoms with Gasteiger partial charge in [-0.25, -0.2) is 0 Å². The third-order valence-corrected chi connectivity index (χ3v) is 3.63. The van der Waals surface area contributed by atoms with E-state index in [2.05, 4.69) is 39.8 Å². The van der Waals surface area contributed by atoms with E-state index >= 15 is 0 Å². The number of nitrogens with zero attached hydrogens (tertiary/aromatic N) is 2. The highest BCUT2D eigenvalue weighted by atomic mass is 32.2. The van der Waals surface area contributed by atoms with Crippen LogP contribution in [0.5, 0.6) is 0 Å². The predicted octanol–water partition coefficient (Wildman–Crippen LogP) is 1.35. The standard InChI is InChI=1S/C9H15N3S/c1-8-7-13-5-4-12(8)6-9-2-3-10-11-9/h2-3,8H,4-7H2,1H3,(H,10,11). The van der Waals surface area contributed by atoms with E-state index < -0.39 is 0 Å². The largest absolute Gasteiger partial charge is 0.293 e. The topological polar surface area (TPSA) is 31.9 Å². The monoisotopic (exact) mass is 197 g/mol. The van der Waals surface area contributed by atoms with Crippen LogP contribution in [0.25, 0.3) is 0 Å². The number of rotatable bonds is 2. The smallest absolute Gasteiger partial charge is 0.0492 e. The molecule has 0 aromatic carbocycles. The number of H-pyrrole nitrogens is 1. The zero-order valence-electron chi connectivity index (χ0n) is 7.86. The Kier molecular flexibility index (Phi) is 2.90. The van der Waals surface area contributed by atoms with Crippen LogP contribution in [0.3, 0.4) is 0 Å². The molecule has 0 bridgehead atoms. The Balaban J connectivity index is 1.93. The molecule has 3 nitrogen and oxygen atoms in total. The molecule has 1 saturated heterocycles. The molecule has 72 valence electrons. The summed E-state index contributed by atoms with van der Waals surface area (Å²) in [6.07, 6.45) is 1.82. The Hall–Kier alpha value is -0.480. The van der Waals surface area contributed by atoms with Crippen LogP contribution in [0.1, 0.15) is 12.6 Å². The van der Waals surface area contributed by atoms with Gasteiger partial charge in [0.05, 0.1) is 0 Å². The highest BCUT2D eigenvalue weighted by Crippen LogP contribution is 2.17. The zero-order valence-corrected chi connectivity index (χ0v) is 8.68. The van der Waals surface area contributed by atoms with Gasteiger partial charge in [-0.05, 0) is 13.0 Å².